The quantitative estimate of drug-likeness (QED) is 0.375. The van der Waals surface area contributed by atoms with Crippen molar-refractivity contribution in [1.82, 2.24) is 14.3 Å². The number of aryl methyl sites for hydroxylation is 2. The van der Waals surface area contributed by atoms with Gasteiger partial charge in [-0.05, 0) is 41.7 Å². The van der Waals surface area contributed by atoms with Gasteiger partial charge in [0.2, 0.25) is 0 Å². The fourth-order valence-corrected chi connectivity index (χ4v) is 3.94. The molecule has 4 aromatic rings. The van der Waals surface area contributed by atoms with Crippen molar-refractivity contribution < 1.29 is 0 Å². The Morgan fingerprint density at radius 1 is 0.909 bits per heavy atom. The second-order valence-electron chi connectivity index (χ2n) is 8.39. The predicted molar refractivity (Wildman–Crippen MR) is 131 cm³/mol. The minimum absolute atomic E-state index is 0.0828. The molecule has 1 aromatic heterocycles. The molecule has 0 spiro atoms. The maximum atomic E-state index is 13.2. The average molecular weight is 437 g/mol. The van der Waals surface area contributed by atoms with Gasteiger partial charge in [0.05, 0.1) is 24.7 Å². The molecule has 0 bridgehead atoms. The lowest BCUT2D eigenvalue weighted by Crippen LogP contribution is -2.26. The molecule has 166 valence electrons. The molecule has 0 saturated heterocycles. The summed E-state index contributed by atoms with van der Waals surface area (Å²) < 4.78 is 3.37. The average Bonchev–Trinajstić information content (AvgIpc) is 3.13. The van der Waals surface area contributed by atoms with Gasteiger partial charge < -0.3 is 0 Å². The van der Waals surface area contributed by atoms with Gasteiger partial charge in [0.1, 0.15) is 5.82 Å². The van der Waals surface area contributed by atoms with Crippen LogP contribution in [-0.2, 0) is 19.5 Å². The van der Waals surface area contributed by atoms with Crippen LogP contribution in [0.1, 0.15) is 47.8 Å². The number of rotatable bonds is 8. The normalized spacial score (nSPS) is 10.8. The first kappa shape index (κ1) is 22.3. The Morgan fingerprint density at radius 3 is 2.27 bits per heavy atom. The van der Waals surface area contributed by atoms with Crippen molar-refractivity contribution in [1.29, 1.82) is 5.26 Å². The zero-order valence-corrected chi connectivity index (χ0v) is 19.2. The summed E-state index contributed by atoms with van der Waals surface area (Å²) in [5, 5.41) is 14.1. The first-order valence-corrected chi connectivity index (χ1v) is 11.4. The molecule has 0 N–H and O–H groups in total. The minimum Gasteiger partial charge on any atom is -0.274 e. The van der Waals surface area contributed by atoms with Crippen molar-refractivity contribution in [2.45, 2.75) is 46.2 Å². The van der Waals surface area contributed by atoms with E-state index in [4.69, 9.17) is 0 Å². The standard InChI is InChI=1S/C28H28N4O/c1-3-4-9-27-30-32(20-23-12-10-21(2)11-13-23)28(33)31(27)19-22-14-16-24(17-15-22)26-8-6-5-7-25(26)18-29/h5-8,10-17H,3-4,9,19-20H2,1-2H3. The van der Waals surface area contributed by atoms with Crippen LogP contribution in [0.4, 0.5) is 0 Å². The number of aromatic nitrogens is 3. The van der Waals surface area contributed by atoms with E-state index in [2.05, 4.69) is 37.1 Å². The largest absolute Gasteiger partial charge is 0.346 e. The van der Waals surface area contributed by atoms with E-state index in [1.807, 2.05) is 60.7 Å². The van der Waals surface area contributed by atoms with Crippen LogP contribution >= 0.6 is 0 Å². The number of nitriles is 1. The maximum absolute atomic E-state index is 13.2. The van der Waals surface area contributed by atoms with Gasteiger partial charge >= 0.3 is 5.69 Å². The Kier molecular flexibility index (Phi) is 6.85. The second kappa shape index (κ2) is 10.1. The molecule has 3 aromatic carbocycles. The van der Waals surface area contributed by atoms with E-state index in [0.29, 0.717) is 18.7 Å². The lowest BCUT2D eigenvalue weighted by Gasteiger charge is -2.08. The topological polar surface area (TPSA) is 63.6 Å². The summed E-state index contributed by atoms with van der Waals surface area (Å²) in [5.41, 5.74) is 5.77. The summed E-state index contributed by atoms with van der Waals surface area (Å²) in [6.45, 7) is 5.14. The summed E-state index contributed by atoms with van der Waals surface area (Å²) in [5.74, 6) is 0.827. The molecular weight excluding hydrogens is 408 g/mol. The number of nitrogens with zero attached hydrogens (tertiary/aromatic N) is 4. The van der Waals surface area contributed by atoms with Crippen LogP contribution in [-0.4, -0.2) is 14.3 Å². The number of hydrogen-bond acceptors (Lipinski definition) is 3. The number of benzene rings is 3. The van der Waals surface area contributed by atoms with Gasteiger partial charge in [-0.15, -0.1) is 0 Å². The van der Waals surface area contributed by atoms with Crippen molar-refractivity contribution in [2.75, 3.05) is 0 Å². The fourth-order valence-electron chi connectivity index (χ4n) is 3.94. The molecule has 0 unspecified atom stereocenters. The summed E-state index contributed by atoms with van der Waals surface area (Å²) in [6, 6.07) is 26.1. The Bertz CT molecular complexity index is 1320. The van der Waals surface area contributed by atoms with Crippen molar-refractivity contribution in [2.24, 2.45) is 0 Å². The molecule has 0 fully saturated rings. The minimum atomic E-state index is -0.0828. The van der Waals surface area contributed by atoms with Crippen LogP contribution in [0.5, 0.6) is 0 Å². The van der Waals surface area contributed by atoms with E-state index in [9.17, 15) is 10.1 Å². The molecule has 0 amide bonds. The molecule has 0 atom stereocenters. The molecule has 5 heteroatoms. The van der Waals surface area contributed by atoms with Gasteiger partial charge in [-0.25, -0.2) is 9.48 Å². The van der Waals surface area contributed by atoms with Crippen LogP contribution in [0.2, 0.25) is 0 Å². The third kappa shape index (κ3) is 5.12. The van der Waals surface area contributed by atoms with Gasteiger partial charge in [0.15, 0.2) is 0 Å². The van der Waals surface area contributed by atoms with E-state index >= 15 is 0 Å². The highest BCUT2D eigenvalue weighted by molar-refractivity contribution is 5.70. The predicted octanol–water partition coefficient (Wildman–Crippen LogP) is 5.33. The van der Waals surface area contributed by atoms with E-state index in [-0.39, 0.29) is 5.69 Å². The Balaban J connectivity index is 1.61. The third-order valence-electron chi connectivity index (χ3n) is 5.86. The highest BCUT2D eigenvalue weighted by Crippen LogP contribution is 2.23. The van der Waals surface area contributed by atoms with Crippen LogP contribution in [0.25, 0.3) is 11.1 Å². The van der Waals surface area contributed by atoms with Crippen molar-refractivity contribution in [3.05, 3.63) is 111 Å². The first-order valence-electron chi connectivity index (χ1n) is 11.4. The molecular formula is C28H28N4O. The maximum Gasteiger partial charge on any atom is 0.346 e. The molecule has 1 heterocycles. The van der Waals surface area contributed by atoms with Crippen molar-refractivity contribution in [3.8, 4) is 17.2 Å². The third-order valence-corrected chi connectivity index (χ3v) is 5.86. The van der Waals surface area contributed by atoms with Crippen LogP contribution in [0.3, 0.4) is 0 Å². The lowest BCUT2D eigenvalue weighted by atomic mass is 9.99. The van der Waals surface area contributed by atoms with Crippen LogP contribution in [0, 0.1) is 18.3 Å². The molecule has 0 saturated carbocycles. The smallest absolute Gasteiger partial charge is 0.274 e. The lowest BCUT2D eigenvalue weighted by molar-refractivity contribution is 0.637. The van der Waals surface area contributed by atoms with Crippen LogP contribution < -0.4 is 5.69 Å². The van der Waals surface area contributed by atoms with Gasteiger partial charge in [-0.3, -0.25) is 4.57 Å². The van der Waals surface area contributed by atoms with Crippen LogP contribution in [0.15, 0.2) is 77.6 Å². The Morgan fingerprint density at radius 2 is 1.58 bits per heavy atom. The molecule has 4 rings (SSSR count). The van der Waals surface area contributed by atoms with Crippen molar-refractivity contribution >= 4 is 0 Å². The zero-order valence-electron chi connectivity index (χ0n) is 19.2. The molecule has 0 aliphatic heterocycles. The van der Waals surface area contributed by atoms with Crippen molar-refractivity contribution in [3.63, 3.8) is 0 Å². The van der Waals surface area contributed by atoms with E-state index in [0.717, 1.165) is 47.3 Å². The Hall–Kier alpha value is -3.91. The highest BCUT2D eigenvalue weighted by atomic mass is 16.2. The molecule has 5 nitrogen and oxygen atoms in total. The van der Waals surface area contributed by atoms with Gasteiger partial charge in [0, 0.05) is 6.42 Å². The van der Waals surface area contributed by atoms with Gasteiger partial charge in [-0.1, -0.05) is 85.6 Å². The highest BCUT2D eigenvalue weighted by Gasteiger charge is 2.14. The van der Waals surface area contributed by atoms with E-state index < -0.39 is 0 Å². The molecule has 0 aliphatic carbocycles. The molecule has 0 aliphatic rings. The Labute approximate surface area is 194 Å². The van der Waals surface area contributed by atoms with Gasteiger partial charge in [-0.2, -0.15) is 10.4 Å². The molecule has 0 radical (unpaired) electrons. The van der Waals surface area contributed by atoms with E-state index in [1.165, 1.54) is 5.56 Å². The summed E-state index contributed by atoms with van der Waals surface area (Å²) in [6.07, 6.45) is 2.82. The fraction of sp³-hybridized carbons (Fsp3) is 0.250. The van der Waals surface area contributed by atoms with Gasteiger partial charge in [0.25, 0.3) is 0 Å². The summed E-state index contributed by atoms with van der Waals surface area (Å²) in [7, 11) is 0. The summed E-state index contributed by atoms with van der Waals surface area (Å²) >= 11 is 0. The molecule has 33 heavy (non-hydrogen) atoms. The monoisotopic (exact) mass is 436 g/mol. The second-order valence-corrected chi connectivity index (χ2v) is 8.39. The van der Waals surface area contributed by atoms with E-state index in [1.54, 1.807) is 9.25 Å². The number of unbranched alkanes of at least 4 members (excludes halogenated alkanes) is 1. The first-order chi connectivity index (χ1) is 16.1. The SMILES string of the molecule is CCCCc1nn(Cc2ccc(C)cc2)c(=O)n1Cc1ccc(-c2ccccc2C#N)cc1. The zero-order chi connectivity index (χ0) is 23.2. The summed E-state index contributed by atoms with van der Waals surface area (Å²) in [4.78, 5) is 13.2. The number of hydrogen-bond donors (Lipinski definition) is 0.